The van der Waals surface area contributed by atoms with Gasteiger partial charge in [-0.25, -0.2) is 0 Å². The number of aromatic nitrogens is 2. The van der Waals surface area contributed by atoms with Crippen molar-refractivity contribution in [1.82, 2.24) is 9.97 Å². The van der Waals surface area contributed by atoms with E-state index in [2.05, 4.69) is 116 Å². The highest BCUT2D eigenvalue weighted by Gasteiger charge is 2.52. The van der Waals surface area contributed by atoms with E-state index < -0.39 is 5.41 Å². The molecular weight excluding hydrogens is 514 g/mol. The second-order valence-corrected chi connectivity index (χ2v) is 11.8. The Morgan fingerprint density at radius 2 is 1.05 bits per heavy atom. The molecule has 0 radical (unpaired) electrons. The number of hydrogen-bond donors (Lipinski definition) is 0. The van der Waals surface area contributed by atoms with E-state index in [4.69, 9.17) is 14.7 Å². The fourth-order valence-electron chi connectivity index (χ4n) is 7.63. The molecule has 9 rings (SSSR count). The molecular formula is C38H27N3O. The Morgan fingerprint density at radius 3 is 1.69 bits per heavy atom. The molecule has 0 atom stereocenters. The molecule has 0 fully saturated rings. The molecule has 3 aliphatic rings. The maximum atomic E-state index is 6.65. The lowest BCUT2D eigenvalue weighted by molar-refractivity contribution is 0.436. The predicted octanol–water partition coefficient (Wildman–Crippen LogP) is 9.05. The molecule has 4 heterocycles. The number of ether oxygens (including phenoxy) is 1. The van der Waals surface area contributed by atoms with Crippen molar-refractivity contribution in [2.75, 3.05) is 4.90 Å². The monoisotopic (exact) mass is 541 g/mol. The van der Waals surface area contributed by atoms with Gasteiger partial charge in [0, 0.05) is 34.6 Å². The van der Waals surface area contributed by atoms with Crippen molar-refractivity contribution in [2.24, 2.45) is 0 Å². The first kappa shape index (κ1) is 23.5. The summed E-state index contributed by atoms with van der Waals surface area (Å²) in [5.41, 5.74) is 11.7. The molecule has 2 aromatic heterocycles. The molecule has 0 N–H and O–H groups in total. The van der Waals surface area contributed by atoms with Gasteiger partial charge in [-0.05, 0) is 70.8 Å². The molecule has 6 aromatic rings. The van der Waals surface area contributed by atoms with Crippen LogP contribution < -0.4 is 9.64 Å². The number of fused-ring (bicyclic) bond motifs is 11. The number of hydrogen-bond acceptors (Lipinski definition) is 4. The summed E-state index contributed by atoms with van der Waals surface area (Å²) in [6, 6.07) is 41.1. The maximum absolute atomic E-state index is 6.65. The van der Waals surface area contributed by atoms with Gasteiger partial charge in [0.05, 0.1) is 28.2 Å². The summed E-state index contributed by atoms with van der Waals surface area (Å²) in [5.74, 6) is 1.71. The van der Waals surface area contributed by atoms with Gasteiger partial charge < -0.3 is 9.64 Å². The van der Waals surface area contributed by atoms with Crippen molar-refractivity contribution in [3.05, 3.63) is 161 Å². The molecule has 2 aliphatic heterocycles. The molecule has 4 heteroatoms. The molecule has 4 nitrogen and oxygen atoms in total. The highest BCUT2D eigenvalue weighted by molar-refractivity contribution is 5.89. The van der Waals surface area contributed by atoms with E-state index in [9.17, 15) is 0 Å². The first-order valence-electron chi connectivity index (χ1n) is 14.4. The highest BCUT2D eigenvalue weighted by atomic mass is 16.5. The summed E-state index contributed by atoms with van der Waals surface area (Å²) in [5, 5.41) is 0. The molecule has 1 aliphatic carbocycles. The molecule has 0 saturated carbocycles. The average Bonchev–Trinajstić information content (AvgIpc) is 3.33. The van der Waals surface area contributed by atoms with Crippen molar-refractivity contribution in [3.63, 3.8) is 0 Å². The summed E-state index contributed by atoms with van der Waals surface area (Å²) in [6.07, 6.45) is 3.73. The zero-order chi connectivity index (χ0) is 28.1. The Hall–Kier alpha value is -5.22. The Kier molecular flexibility index (Phi) is 4.57. The number of nitrogens with zero attached hydrogens (tertiary/aromatic N) is 3. The summed E-state index contributed by atoms with van der Waals surface area (Å²) in [4.78, 5) is 12.2. The minimum absolute atomic E-state index is 0.123. The Balaban J connectivity index is 1.37. The van der Waals surface area contributed by atoms with Crippen LogP contribution in [0.5, 0.6) is 11.5 Å². The predicted molar refractivity (Wildman–Crippen MR) is 166 cm³/mol. The number of anilines is 3. The van der Waals surface area contributed by atoms with Gasteiger partial charge in [0.15, 0.2) is 0 Å². The van der Waals surface area contributed by atoms with Crippen LogP contribution in [0.2, 0.25) is 0 Å². The summed E-state index contributed by atoms with van der Waals surface area (Å²) >= 11 is 0. The number of benzene rings is 4. The van der Waals surface area contributed by atoms with Crippen molar-refractivity contribution in [1.29, 1.82) is 0 Å². The van der Waals surface area contributed by atoms with Crippen LogP contribution in [0.25, 0.3) is 11.4 Å². The quantitative estimate of drug-likeness (QED) is 0.208. The highest BCUT2D eigenvalue weighted by Crippen LogP contribution is 2.62. The van der Waals surface area contributed by atoms with Crippen LogP contribution >= 0.6 is 0 Å². The van der Waals surface area contributed by atoms with E-state index in [1.165, 1.54) is 22.5 Å². The van der Waals surface area contributed by atoms with Crippen LogP contribution in [0.3, 0.4) is 0 Å². The van der Waals surface area contributed by atoms with Crippen LogP contribution in [0.1, 0.15) is 47.2 Å². The van der Waals surface area contributed by atoms with Crippen molar-refractivity contribution in [3.8, 4) is 22.9 Å². The summed E-state index contributed by atoms with van der Waals surface area (Å²) in [7, 11) is 0. The molecule has 0 saturated heterocycles. The fraction of sp³-hybridized carbons (Fsp3) is 0.105. The lowest BCUT2D eigenvalue weighted by atomic mass is 9.66. The largest absolute Gasteiger partial charge is 0.457 e. The number of para-hydroxylation sites is 3. The van der Waals surface area contributed by atoms with Crippen LogP contribution in [-0.4, -0.2) is 9.97 Å². The number of pyridine rings is 2. The zero-order valence-electron chi connectivity index (χ0n) is 23.4. The molecule has 200 valence electrons. The summed E-state index contributed by atoms with van der Waals surface area (Å²) in [6.45, 7) is 4.64. The van der Waals surface area contributed by atoms with E-state index in [-0.39, 0.29) is 5.41 Å². The van der Waals surface area contributed by atoms with Crippen LogP contribution in [0.4, 0.5) is 17.1 Å². The van der Waals surface area contributed by atoms with Crippen LogP contribution in [0.15, 0.2) is 128 Å². The average molecular weight is 542 g/mol. The standard InChI is InChI=1S/C38H27N3O/c1-37(2)25-11-3-6-16-31(25)41(32-17-7-4-12-26(32)37)24-19-20-34-30(23-24)38(27-13-5-8-18-33(27)42-34)28-14-9-21-39-35(28)36-29(38)15-10-22-40-36/h3-23H,1-2H3. The normalized spacial score (nSPS) is 15.9. The minimum atomic E-state index is -0.610. The Labute approximate surface area is 244 Å². The third-order valence-corrected chi connectivity index (χ3v) is 9.42. The third-order valence-electron chi connectivity index (χ3n) is 9.42. The molecule has 4 aromatic carbocycles. The molecule has 1 spiro atoms. The molecule has 0 unspecified atom stereocenters. The van der Waals surface area contributed by atoms with Crippen LogP contribution in [-0.2, 0) is 10.8 Å². The SMILES string of the molecule is CC1(C)c2ccccc2N(c2ccc3c(c2)C2(c4ccccc4O3)c3cccnc3-c3ncccc32)c2ccccc21. The smallest absolute Gasteiger partial charge is 0.132 e. The van der Waals surface area contributed by atoms with Gasteiger partial charge in [-0.3, -0.25) is 9.97 Å². The zero-order valence-corrected chi connectivity index (χ0v) is 23.4. The lowest BCUT2D eigenvalue weighted by Gasteiger charge is -2.43. The third kappa shape index (κ3) is 2.81. The summed E-state index contributed by atoms with van der Waals surface area (Å²) < 4.78 is 6.65. The maximum Gasteiger partial charge on any atom is 0.132 e. The van der Waals surface area contributed by atoms with Gasteiger partial charge in [-0.1, -0.05) is 80.6 Å². The van der Waals surface area contributed by atoms with Crippen molar-refractivity contribution in [2.45, 2.75) is 24.7 Å². The second kappa shape index (κ2) is 8.17. The molecule has 0 bridgehead atoms. The Bertz CT molecular complexity index is 1980. The topological polar surface area (TPSA) is 38.2 Å². The van der Waals surface area contributed by atoms with E-state index in [1.54, 1.807) is 0 Å². The van der Waals surface area contributed by atoms with E-state index in [1.807, 2.05) is 30.6 Å². The van der Waals surface area contributed by atoms with Gasteiger partial charge in [-0.2, -0.15) is 0 Å². The molecule has 42 heavy (non-hydrogen) atoms. The first-order chi connectivity index (χ1) is 20.6. The van der Waals surface area contributed by atoms with E-state index in [0.29, 0.717) is 0 Å². The van der Waals surface area contributed by atoms with Gasteiger partial charge in [0.2, 0.25) is 0 Å². The Morgan fingerprint density at radius 1 is 0.524 bits per heavy atom. The fourth-order valence-corrected chi connectivity index (χ4v) is 7.63. The van der Waals surface area contributed by atoms with Crippen molar-refractivity contribution < 1.29 is 4.74 Å². The van der Waals surface area contributed by atoms with Gasteiger partial charge in [0.25, 0.3) is 0 Å². The lowest BCUT2D eigenvalue weighted by Crippen LogP contribution is -2.33. The van der Waals surface area contributed by atoms with Crippen LogP contribution in [0, 0.1) is 0 Å². The van der Waals surface area contributed by atoms with E-state index in [0.717, 1.165) is 50.8 Å². The second-order valence-electron chi connectivity index (χ2n) is 11.8. The van der Waals surface area contributed by atoms with Crippen molar-refractivity contribution >= 4 is 17.1 Å². The van der Waals surface area contributed by atoms with Gasteiger partial charge >= 0.3 is 0 Å². The van der Waals surface area contributed by atoms with Gasteiger partial charge in [-0.15, -0.1) is 0 Å². The van der Waals surface area contributed by atoms with E-state index >= 15 is 0 Å². The molecule has 0 amide bonds. The van der Waals surface area contributed by atoms with Gasteiger partial charge in [0.1, 0.15) is 11.5 Å². The number of rotatable bonds is 1. The first-order valence-corrected chi connectivity index (χ1v) is 14.4. The minimum Gasteiger partial charge on any atom is -0.457 e.